The van der Waals surface area contributed by atoms with Crippen molar-refractivity contribution in [1.29, 1.82) is 0 Å². The Bertz CT molecular complexity index is 541. The molecular formula is C16H28N2O2S. The van der Waals surface area contributed by atoms with Crippen LogP contribution in [0.15, 0.2) is 29.2 Å². The molecule has 1 aromatic rings. The first-order valence-corrected chi connectivity index (χ1v) is 9.11. The average molecular weight is 312 g/mol. The molecule has 5 heteroatoms. The van der Waals surface area contributed by atoms with Crippen molar-refractivity contribution < 1.29 is 8.42 Å². The van der Waals surface area contributed by atoms with Gasteiger partial charge in [0.2, 0.25) is 10.0 Å². The predicted molar refractivity (Wildman–Crippen MR) is 87.7 cm³/mol. The number of sulfonamides is 1. The van der Waals surface area contributed by atoms with E-state index in [4.69, 9.17) is 0 Å². The molecule has 0 aliphatic heterocycles. The van der Waals surface area contributed by atoms with E-state index in [1.807, 2.05) is 32.9 Å². The minimum atomic E-state index is -3.42. The van der Waals surface area contributed by atoms with Gasteiger partial charge in [-0.25, -0.2) is 8.42 Å². The molecule has 1 unspecified atom stereocenters. The molecule has 120 valence electrons. The van der Waals surface area contributed by atoms with E-state index in [0.717, 1.165) is 12.0 Å². The van der Waals surface area contributed by atoms with Crippen LogP contribution in [-0.4, -0.2) is 31.4 Å². The van der Waals surface area contributed by atoms with E-state index in [-0.39, 0.29) is 6.04 Å². The minimum Gasteiger partial charge on any atom is -0.310 e. The number of nitrogens with one attached hydrogen (secondary N) is 1. The SMILES string of the molecule is CCC(C)N(CC)S(=O)(=O)c1cccc(CNC(C)C)c1. The predicted octanol–water partition coefficient (Wildman–Crippen LogP) is 2.99. The van der Waals surface area contributed by atoms with Crippen LogP contribution in [0.25, 0.3) is 0 Å². The van der Waals surface area contributed by atoms with Crippen molar-refractivity contribution in [3.8, 4) is 0 Å². The highest BCUT2D eigenvalue weighted by Crippen LogP contribution is 2.20. The second kappa shape index (κ2) is 7.92. The molecular weight excluding hydrogens is 284 g/mol. The maximum absolute atomic E-state index is 12.8. The summed E-state index contributed by atoms with van der Waals surface area (Å²) in [7, 11) is -3.42. The quantitative estimate of drug-likeness (QED) is 0.803. The fourth-order valence-electron chi connectivity index (χ4n) is 2.20. The van der Waals surface area contributed by atoms with Crippen molar-refractivity contribution in [2.75, 3.05) is 6.54 Å². The maximum Gasteiger partial charge on any atom is 0.243 e. The largest absolute Gasteiger partial charge is 0.310 e. The Kier molecular flexibility index (Phi) is 6.84. The normalized spacial score (nSPS) is 13.9. The van der Waals surface area contributed by atoms with Gasteiger partial charge in [0.25, 0.3) is 0 Å². The fourth-order valence-corrected chi connectivity index (χ4v) is 3.98. The lowest BCUT2D eigenvalue weighted by Crippen LogP contribution is -2.38. The standard InChI is InChI=1S/C16H28N2O2S/c1-6-14(5)18(7-2)21(19,20)16-10-8-9-15(11-16)12-17-13(3)4/h8-11,13-14,17H,6-7,12H2,1-5H3. The number of nitrogens with zero attached hydrogens (tertiary/aromatic N) is 1. The zero-order chi connectivity index (χ0) is 16.0. The van der Waals surface area contributed by atoms with Gasteiger partial charge in [-0.2, -0.15) is 4.31 Å². The summed E-state index contributed by atoms with van der Waals surface area (Å²) < 4.78 is 27.1. The molecule has 0 bridgehead atoms. The van der Waals surface area contributed by atoms with Crippen LogP contribution in [0.2, 0.25) is 0 Å². The molecule has 0 heterocycles. The molecule has 1 rings (SSSR count). The summed E-state index contributed by atoms with van der Waals surface area (Å²) in [6.07, 6.45) is 0.807. The maximum atomic E-state index is 12.8. The number of hydrogen-bond donors (Lipinski definition) is 1. The second-order valence-corrected chi connectivity index (χ2v) is 7.54. The molecule has 0 amide bonds. The zero-order valence-corrected chi connectivity index (χ0v) is 14.6. The molecule has 0 radical (unpaired) electrons. The van der Waals surface area contributed by atoms with Crippen LogP contribution in [-0.2, 0) is 16.6 Å². The van der Waals surface area contributed by atoms with Crippen LogP contribution in [0.4, 0.5) is 0 Å². The van der Waals surface area contributed by atoms with Gasteiger partial charge >= 0.3 is 0 Å². The van der Waals surface area contributed by atoms with Gasteiger partial charge in [-0.3, -0.25) is 0 Å². The first-order chi connectivity index (χ1) is 9.82. The molecule has 0 aliphatic rings. The van der Waals surface area contributed by atoms with Crippen molar-refractivity contribution in [3.05, 3.63) is 29.8 Å². The monoisotopic (exact) mass is 312 g/mol. The van der Waals surface area contributed by atoms with E-state index in [9.17, 15) is 8.42 Å². The van der Waals surface area contributed by atoms with Crippen molar-refractivity contribution in [2.45, 2.75) is 64.6 Å². The first kappa shape index (κ1) is 18.1. The summed E-state index contributed by atoms with van der Waals surface area (Å²) in [6, 6.07) is 7.60. The smallest absolute Gasteiger partial charge is 0.243 e. The first-order valence-electron chi connectivity index (χ1n) is 7.67. The van der Waals surface area contributed by atoms with E-state index in [2.05, 4.69) is 19.2 Å². The van der Waals surface area contributed by atoms with Crippen molar-refractivity contribution in [3.63, 3.8) is 0 Å². The van der Waals surface area contributed by atoms with Crippen LogP contribution in [0.5, 0.6) is 0 Å². The third-order valence-electron chi connectivity index (χ3n) is 3.61. The molecule has 1 aromatic carbocycles. The van der Waals surface area contributed by atoms with Crippen LogP contribution in [0.1, 0.15) is 46.6 Å². The van der Waals surface area contributed by atoms with Crippen LogP contribution >= 0.6 is 0 Å². The van der Waals surface area contributed by atoms with Crippen LogP contribution in [0.3, 0.4) is 0 Å². The van der Waals surface area contributed by atoms with Gasteiger partial charge in [-0.1, -0.05) is 39.8 Å². The van der Waals surface area contributed by atoms with Gasteiger partial charge in [0, 0.05) is 25.2 Å². The van der Waals surface area contributed by atoms with Crippen LogP contribution in [0, 0.1) is 0 Å². The summed E-state index contributed by atoms with van der Waals surface area (Å²) in [4.78, 5) is 0.382. The summed E-state index contributed by atoms with van der Waals surface area (Å²) in [6.45, 7) is 11.2. The van der Waals surface area contributed by atoms with Gasteiger partial charge < -0.3 is 5.32 Å². The van der Waals surface area contributed by atoms with E-state index in [0.29, 0.717) is 24.0 Å². The molecule has 0 aliphatic carbocycles. The van der Waals surface area contributed by atoms with E-state index in [1.54, 1.807) is 16.4 Å². The minimum absolute atomic E-state index is 0.0115. The number of hydrogen-bond acceptors (Lipinski definition) is 3. The molecule has 21 heavy (non-hydrogen) atoms. The van der Waals surface area contributed by atoms with Gasteiger partial charge in [-0.05, 0) is 31.0 Å². The topological polar surface area (TPSA) is 49.4 Å². The Morgan fingerprint density at radius 1 is 1.19 bits per heavy atom. The van der Waals surface area contributed by atoms with Gasteiger partial charge in [0.05, 0.1) is 4.90 Å². The lowest BCUT2D eigenvalue weighted by molar-refractivity contribution is 0.342. The van der Waals surface area contributed by atoms with E-state index in [1.165, 1.54) is 0 Å². The molecule has 0 spiro atoms. The average Bonchev–Trinajstić information content (AvgIpc) is 2.45. The third-order valence-corrected chi connectivity index (χ3v) is 5.70. The van der Waals surface area contributed by atoms with Gasteiger partial charge in [0.1, 0.15) is 0 Å². The van der Waals surface area contributed by atoms with Crippen LogP contribution < -0.4 is 5.32 Å². The molecule has 0 saturated heterocycles. The van der Waals surface area contributed by atoms with Crippen molar-refractivity contribution in [1.82, 2.24) is 9.62 Å². The lowest BCUT2D eigenvalue weighted by atomic mass is 10.2. The zero-order valence-electron chi connectivity index (χ0n) is 13.8. The highest BCUT2D eigenvalue weighted by atomic mass is 32.2. The highest BCUT2D eigenvalue weighted by Gasteiger charge is 2.26. The van der Waals surface area contributed by atoms with Gasteiger partial charge in [-0.15, -0.1) is 0 Å². The molecule has 0 saturated carbocycles. The van der Waals surface area contributed by atoms with Crippen molar-refractivity contribution >= 4 is 10.0 Å². The molecule has 0 fully saturated rings. The molecule has 0 aromatic heterocycles. The summed E-state index contributed by atoms with van der Waals surface area (Å²) in [5.41, 5.74) is 0.991. The Balaban J connectivity index is 3.05. The Morgan fingerprint density at radius 2 is 1.86 bits per heavy atom. The summed E-state index contributed by atoms with van der Waals surface area (Å²) in [5, 5.41) is 3.31. The Morgan fingerprint density at radius 3 is 2.38 bits per heavy atom. The lowest BCUT2D eigenvalue weighted by Gasteiger charge is -2.26. The van der Waals surface area contributed by atoms with E-state index >= 15 is 0 Å². The fraction of sp³-hybridized carbons (Fsp3) is 0.625. The van der Waals surface area contributed by atoms with Gasteiger partial charge in [0.15, 0.2) is 0 Å². The summed E-state index contributed by atoms with van der Waals surface area (Å²) in [5.74, 6) is 0. The third kappa shape index (κ3) is 4.80. The van der Waals surface area contributed by atoms with E-state index < -0.39 is 10.0 Å². The Hall–Kier alpha value is -0.910. The highest BCUT2D eigenvalue weighted by molar-refractivity contribution is 7.89. The molecule has 1 N–H and O–H groups in total. The molecule has 4 nitrogen and oxygen atoms in total. The number of rotatable bonds is 8. The molecule has 1 atom stereocenters. The summed E-state index contributed by atoms with van der Waals surface area (Å²) >= 11 is 0. The second-order valence-electron chi connectivity index (χ2n) is 5.65. The van der Waals surface area contributed by atoms with Crippen molar-refractivity contribution in [2.24, 2.45) is 0 Å². The Labute approximate surface area is 129 Å². The number of benzene rings is 1.